The molecule has 8 heteroatoms. The van der Waals surface area contributed by atoms with Crippen LogP contribution in [-0.2, 0) is 16.1 Å². The van der Waals surface area contributed by atoms with E-state index in [1.807, 2.05) is 59.5 Å². The van der Waals surface area contributed by atoms with Gasteiger partial charge in [0, 0.05) is 56.0 Å². The molecule has 0 N–H and O–H groups in total. The predicted octanol–water partition coefficient (Wildman–Crippen LogP) is 5.09. The van der Waals surface area contributed by atoms with Gasteiger partial charge in [0.1, 0.15) is 0 Å². The van der Waals surface area contributed by atoms with Gasteiger partial charge < -0.3 is 14.2 Å². The maximum absolute atomic E-state index is 13.0. The lowest BCUT2D eigenvalue weighted by molar-refractivity contribution is -0.144. The number of hydrogen-bond acceptors (Lipinski definition) is 6. The van der Waals surface area contributed by atoms with Gasteiger partial charge in [-0.3, -0.25) is 9.69 Å². The molecule has 7 nitrogen and oxygen atoms in total. The molecule has 1 atom stereocenters. The van der Waals surface area contributed by atoms with Crippen molar-refractivity contribution in [1.29, 1.82) is 0 Å². The zero-order valence-corrected chi connectivity index (χ0v) is 20.8. The third kappa shape index (κ3) is 5.49. The Morgan fingerprint density at radius 3 is 2.42 bits per heavy atom. The maximum Gasteiger partial charge on any atom is 0.258 e. The molecule has 184 valence electrons. The van der Waals surface area contributed by atoms with E-state index < -0.39 is 6.10 Å². The molecule has 0 aliphatic carbocycles. The van der Waals surface area contributed by atoms with Crippen LogP contribution >= 0.6 is 11.6 Å². The Kier molecular flexibility index (Phi) is 7.41. The molecule has 1 saturated heterocycles. The molecule has 0 saturated carbocycles. The van der Waals surface area contributed by atoms with E-state index in [2.05, 4.69) is 27.2 Å². The summed E-state index contributed by atoms with van der Waals surface area (Å²) in [4.78, 5) is 21.8. The fourth-order valence-electron chi connectivity index (χ4n) is 4.40. The summed E-state index contributed by atoms with van der Waals surface area (Å²) >= 11 is 6.07. The third-order valence-electron chi connectivity index (χ3n) is 6.36. The average molecular weight is 503 g/mol. The van der Waals surface area contributed by atoms with E-state index in [4.69, 9.17) is 20.9 Å². The van der Waals surface area contributed by atoms with Crippen molar-refractivity contribution in [2.45, 2.75) is 12.6 Å². The number of methoxy groups -OCH3 is 1. The molecular weight excluding hydrogens is 476 g/mol. The highest BCUT2D eigenvalue weighted by molar-refractivity contribution is 6.30. The lowest BCUT2D eigenvalue weighted by Gasteiger charge is -2.36. The van der Waals surface area contributed by atoms with Crippen molar-refractivity contribution in [3.05, 3.63) is 95.0 Å². The number of ether oxygens (including phenoxy) is 1. The molecule has 0 bridgehead atoms. The van der Waals surface area contributed by atoms with Crippen LogP contribution < -0.4 is 0 Å². The van der Waals surface area contributed by atoms with Gasteiger partial charge in [0.05, 0.1) is 0 Å². The van der Waals surface area contributed by atoms with Crippen molar-refractivity contribution in [2.24, 2.45) is 0 Å². The van der Waals surface area contributed by atoms with Crippen LogP contribution in [0.3, 0.4) is 0 Å². The number of halogens is 1. The molecule has 4 aromatic rings. The lowest BCUT2D eigenvalue weighted by atomic mass is 10.1. The standard InChI is InChI=1S/C28H27ClN4O3/c1-35-25(21-6-3-2-4-7-21)28(34)33-16-14-32(15-17-33)19-20-10-12-22(13-11-20)26-30-27(36-31-26)23-8-5-9-24(29)18-23/h2-13,18,25H,14-17,19H2,1H3/t25-/m1/s1. The number of benzene rings is 3. The van der Waals surface area contributed by atoms with Crippen LogP contribution in [-0.4, -0.2) is 59.1 Å². The van der Waals surface area contributed by atoms with Gasteiger partial charge in [0.25, 0.3) is 11.8 Å². The molecule has 1 aliphatic rings. The largest absolute Gasteiger partial charge is 0.367 e. The highest BCUT2D eigenvalue weighted by Gasteiger charge is 2.28. The minimum Gasteiger partial charge on any atom is -0.367 e. The number of nitrogens with zero attached hydrogens (tertiary/aromatic N) is 4. The second kappa shape index (κ2) is 11.0. The quantitative estimate of drug-likeness (QED) is 0.350. The Morgan fingerprint density at radius 2 is 1.72 bits per heavy atom. The molecule has 36 heavy (non-hydrogen) atoms. The normalized spacial score (nSPS) is 15.1. The van der Waals surface area contributed by atoms with Gasteiger partial charge in [0.15, 0.2) is 6.10 Å². The topological polar surface area (TPSA) is 71.7 Å². The van der Waals surface area contributed by atoms with Crippen LogP contribution in [0.2, 0.25) is 5.02 Å². The fraction of sp³-hybridized carbons (Fsp3) is 0.250. The molecule has 1 aliphatic heterocycles. The third-order valence-corrected chi connectivity index (χ3v) is 6.60. The number of carbonyl (C=O) groups is 1. The first-order valence-corrected chi connectivity index (χ1v) is 12.3. The van der Waals surface area contributed by atoms with Gasteiger partial charge in [-0.1, -0.05) is 77.4 Å². The fourth-order valence-corrected chi connectivity index (χ4v) is 4.59. The van der Waals surface area contributed by atoms with Crippen LogP contribution in [0.25, 0.3) is 22.8 Å². The van der Waals surface area contributed by atoms with Gasteiger partial charge in [0.2, 0.25) is 5.82 Å². The van der Waals surface area contributed by atoms with Crippen LogP contribution in [0.4, 0.5) is 0 Å². The first-order valence-electron chi connectivity index (χ1n) is 11.9. The summed E-state index contributed by atoms with van der Waals surface area (Å²) in [6.07, 6.45) is -0.560. The monoisotopic (exact) mass is 502 g/mol. The molecule has 5 rings (SSSR count). The smallest absolute Gasteiger partial charge is 0.258 e. The number of aromatic nitrogens is 2. The Balaban J connectivity index is 1.16. The number of hydrogen-bond donors (Lipinski definition) is 0. The van der Waals surface area contributed by atoms with Crippen LogP contribution in [0, 0.1) is 0 Å². The summed E-state index contributed by atoms with van der Waals surface area (Å²) in [6, 6.07) is 25.2. The zero-order chi connectivity index (χ0) is 24.9. The van der Waals surface area contributed by atoms with Gasteiger partial charge in [-0.15, -0.1) is 0 Å². The van der Waals surface area contributed by atoms with E-state index >= 15 is 0 Å². The summed E-state index contributed by atoms with van der Waals surface area (Å²) < 4.78 is 11.0. The van der Waals surface area contributed by atoms with Gasteiger partial charge in [-0.05, 0) is 29.3 Å². The lowest BCUT2D eigenvalue weighted by Crippen LogP contribution is -2.49. The second-order valence-electron chi connectivity index (χ2n) is 8.76. The summed E-state index contributed by atoms with van der Waals surface area (Å²) in [5.41, 5.74) is 3.75. The first-order chi connectivity index (χ1) is 17.6. The Morgan fingerprint density at radius 1 is 0.972 bits per heavy atom. The maximum atomic E-state index is 13.0. The van der Waals surface area contributed by atoms with Gasteiger partial charge in [-0.2, -0.15) is 4.98 Å². The van der Waals surface area contributed by atoms with Crippen LogP contribution in [0.1, 0.15) is 17.2 Å². The van der Waals surface area contributed by atoms with Crippen molar-refractivity contribution in [3.63, 3.8) is 0 Å². The minimum absolute atomic E-state index is 0.0185. The number of carbonyl (C=O) groups excluding carboxylic acids is 1. The van der Waals surface area contributed by atoms with E-state index in [-0.39, 0.29) is 5.91 Å². The Bertz CT molecular complexity index is 1300. The molecule has 0 unspecified atom stereocenters. The molecule has 1 aromatic heterocycles. The molecule has 0 spiro atoms. The summed E-state index contributed by atoms with van der Waals surface area (Å²) in [7, 11) is 1.59. The highest BCUT2D eigenvalue weighted by Crippen LogP contribution is 2.25. The van der Waals surface area contributed by atoms with E-state index in [0.29, 0.717) is 29.8 Å². The average Bonchev–Trinajstić information content (AvgIpc) is 3.41. The van der Waals surface area contributed by atoms with Crippen LogP contribution in [0.5, 0.6) is 0 Å². The van der Waals surface area contributed by atoms with E-state index in [1.165, 1.54) is 5.56 Å². The molecule has 2 heterocycles. The molecule has 1 fully saturated rings. The SMILES string of the molecule is CO[C@@H](C(=O)N1CCN(Cc2ccc(-c3noc(-c4cccc(Cl)c4)n3)cc2)CC1)c1ccccc1. The Hall–Kier alpha value is -3.52. The van der Waals surface area contributed by atoms with Crippen molar-refractivity contribution < 1.29 is 14.1 Å². The van der Waals surface area contributed by atoms with E-state index in [1.54, 1.807) is 19.2 Å². The van der Waals surface area contributed by atoms with Gasteiger partial charge >= 0.3 is 0 Å². The van der Waals surface area contributed by atoms with Crippen molar-refractivity contribution in [1.82, 2.24) is 19.9 Å². The first kappa shape index (κ1) is 24.2. The molecule has 3 aromatic carbocycles. The Labute approximate surface area is 215 Å². The van der Waals surface area contributed by atoms with Crippen molar-refractivity contribution in [2.75, 3.05) is 33.3 Å². The van der Waals surface area contributed by atoms with Crippen LogP contribution in [0.15, 0.2) is 83.4 Å². The summed E-state index contributed by atoms with van der Waals surface area (Å²) in [5.74, 6) is 0.992. The number of piperazine rings is 1. The minimum atomic E-state index is -0.560. The summed E-state index contributed by atoms with van der Waals surface area (Å²) in [5, 5.41) is 4.74. The molecule has 0 radical (unpaired) electrons. The number of amides is 1. The molecule has 1 amide bonds. The van der Waals surface area contributed by atoms with Crippen molar-refractivity contribution >= 4 is 17.5 Å². The second-order valence-corrected chi connectivity index (χ2v) is 9.19. The number of rotatable bonds is 7. The van der Waals surface area contributed by atoms with E-state index in [0.717, 1.165) is 36.3 Å². The van der Waals surface area contributed by atoms with Crippen molar-refractivity contribution in [3.8, 4) is 22.8 Å². The predicted molar refractivity (Wildman–Crippen MR) is 138 cm³/mol. The zero-order valence-electron chi connectivity index (χ0n) is 20.0. The van der Waals surface area contributed by atoms with E-state index in [9.17, 15) is 4.79 Å². The summed E-state index contributed by atoms with van der Waals surface area (Å²) in [6.45, 7) is 3.80. The molecular formula is C28H27ClN4O3. The highest BCUT2D eigenvalue weighted by atomic mass is 35.5. The van der Waals surface area contributed by atoms with Gasteiger partial charge in [-0.25, -0.2) is 0 Å².